The first kappa shape index (κ1) is 14.6. The van der Waals surface area contributed by atoms with Gasteiger partial charge in [-0.05, 0) is 25.8 Å². The molecule has 1 fully saturated rings. The van der Waals surface area contributed by atoms with Crippen LogP contribution in [0.3, 0.4) is 0 Å². The van der Waals surface area contributed by atoms with Gasteiger partial charge in [-0.2, -0.15) is 0 Å². The molecule has 1 atom stereocenters. The van der Waals surface area contributed by atoms with Crippen LogP contribution in [0.2, 0.25) is 0 Å². The Labute approximate surface area is 117 Å². The van der Waals surface area contributed by atoms with Crippen molar-refractivity contribution in [2.75, 3.05) is 26.8 Å². The van der Waals surface area contributed by atoms with Gasteiger partial charge in [-0.25, -0.2) is 0 Å². The number of aliphatic carboxylic acids is 1. The number of amides is 1. The summed E-state index contributed by atoms with van der Waals surface area (Å²) in [5.41, 5.74) is -0.524. The smallest absolute Gasteiger partial charge is 0.313 e. The molecule has 0 bridgehead atoms. The standard InChI is InChI=1S/C14H19NO5/c1-10-11(4-7-20-10)12(16)15-6-3-5-14(8-15,9-19-2)13(17)18/h4,7H,3,5-6,8-9H2,1-2H3,(H,17,18). The number of rotatable bonds is 4. The van der Waals surface area contributed by atoms with Crippen molar-refractivity contribution < 1.29 is 23.8 Å². The van der Waals surface area contributed by atoms with Gasteiger partial charge in [-0.1, -0.05) is 0 Å². The summed E-state index contributed by atoms with van der Waals surface area (Å²) in [6.45, 7) is 2.55. The Bertz CT molecular complexity index is 505. The van der Waals surface area contributed by atoms with E-state index < -0.39 is 11.4 Å². The number of likely N-dealkylation sites (tertiary alicyclic amines) is 1. The summed E-state index contributed by atoms with van der Waals surface area (Å²) in [5.74, 6) is -0.549. The van der Waals surface area contributed by atoms with Crippen molar-refractivity contribution >= 4 is 11.9 Å². The Morgan fingerprint density at radius 3 is 2.85 bits per heavy atom. The second kappa shape index (κ2) is 5.66. The van der Waals surface area contributed by atoms with Crippen molar-refractivity contribution in [3.05, 3.63) is 23.7 Å². The lowest BCUT2D eigenvalue weighted by Crippen LogP contribution is -2.52. The van der Waals surface area contributed by atoms with Gasteiger partial charge >= 0.3 is 5.97 Å². The molecule has 1 amide bonds. The van der Waals surface area contributed by atoms with E-state index in [0.29, 0.717) is 30.7 Å². The number of carboxylic acids is 1. The summed E-state index contributed by atoms with van der Waals surface area (Å²) < 4.78 is 10.2. The summed E-state index contributed by atoms with van der Waals surface area (Å²) in [6, 6.07) is 1.62. The van der Waals surface area contributed by atoms with Crippen LogP contribution in [0.15, 0.2) is 16.7 Å². The van der Waals surface area contributed by atoms with Crippen molar-refractivity contribution in [1.29, 1.82) is 0 Å². The summed E-state index contributed by atoms with van der Waals surface area (Å²) in [7, 11) is 1.48. The Morgan fingerprint density at radius 1 is 1.55 bits per heavy atom. The second-order valence-electron chi connectivity index (χ2n) is 5.24. The number of carboxylic acid groups (broad SMARTS) is 1. The molecule has 1 aromatic rings. The van der Waals surface area contributed by atoms with Crippen molar-refractivity contribution in [2.24, 2.45) is 5.41 Å². The Morgan fingerprint density at radius 2 is 2.30 bits per heavy atom. The topological polar surface area (TPSA) is 80.0 Å². The van der Waals surface area contributed by atoms with Gasteiger partial charge in [0.1, 0.15) is 11.2 Å². The van der Waals surface area contributed by atoms with Crippen LogP contribution in [0.4, 0.5) is 0 Å². The van der Waals surface area contributed by atoms with Gasteiger partial charge in [0.25, 0.3) is 5.91 Å². The van der Waals surface area contributed by atoms with E-state index in [4.69, 9.17) is 9.15 Å². The number of ether oxygens (including phenoxy) is 1. The number of carbonyl (C=O) groups is 2. The molecule has 1 aromatic heterocycles. The van der Waals surface area contributed by atoms with E-state index in [1.54, 1.807) is 17.9 Å². The van der Waals surface area contributed by atoms with E-state index in [-0.39, 0.29) is 19.1 Å². The number of methoxy groups -OCH3 is 1. The number of furan rings is 1. The van der Waals surface area contributed by atoms with Crippen LogP contribution in [-0.2, 0) is 9.53 Å². The van der Waals surface area contributed by atoms with E-state index in [1.165, 1.54) is 13.4 Å². The summed E-state index contributed by atoms with van der Waals surface area (Å²) in [6.07, 6.45) is 2.63. The monoisotopic (exact) mass is 281 g/mol. The predicted octanol–water partition coefficient (Wildman–Crippen LogP) is 1.54. The van der Waals surface area contributed by atoms with Crippen molar-refractivity contribution in [2.45, 2.75) is 19.8 Å². The Kier molecular flexibility index (Phi) is 4.13. The largest absolute Gasteiger partial charge is 0.481 e. The lowest BCUT2D eigenvalue weighted by molar-refractivity contribution is -0.155. The lowest BCUT2D eigenvalue weighted by Gasteiger charge is -2.39. The molecule has 110 valence electrons. The van der Waals surface area contributed by atoms with Gasteiger partial charge in [0, 0.05) is 20.2 Å². The third-order valence-corrected chi connectivity index (χ3v) is 3.83. The Hall–Kier alpha value is -1.82. The zero-order valence-corrected chi connectivity index (χ0v) is 11.7. The van der Waals surface area contributed by atoms with Gasteiger partial charge in [-0.15, -0.1) is 0 Å². The van der Waals surface area contributed by atoms with Crippen LogP contribution in [0, 0.1) is 12.3 Å². The molecule has 0 saturated carbocycles. The van der Waals surface area contributed by atoms with Crippen LogP contribution in [-0.4, -0.2) is 48.7 Å². The molecule has 20 heavy (non-hydrogen) atoms. The first-order valence-corrected chi connectivity index (χ1v) is 6.56. The molecule has 1 aliphatic rings. The van der Waals surface area contributed by atoms with Gasteiger partial charge in [0.05, 0.1) is 18.4 Å². The molecule has 0 aliphatic carbocycles. The summed E-state index contributed by atoms with van der Waals surface area (Å²) in [4.78, 5) is 25.6. The average molecular weight is 281 g/mol. The number of piperidine rings is 1. The molecule has 1 saturated heterocycles. The van der Waals surface area contributed by atoms with Crippen LogP contribution in [0.25, 0.3) is 0 Å². The van der Waals surface area contributed by atoms with Gasteiger partial charge in [0.2, 0.25) is 0 Å². The van der Waals surface area contributed by atoms with Crippen LogP contribution >= 0.6 is 0 Å². The molecule has 0 aromatic carbocycles. The highest BCUT2D eigenvalue weighted by Gasteiger charge is 2.44. The molecule has 1 aliphatic heterocycles. The van der Waals surface area contributed by atoms with Crippen LogP contribution in [0.1, 0.15) is 29.0 Å². The molecular weight excluding hydrogens is 262 g/mol. The molecule has 6 nitrogen and oxygen atoms in total. The number of carbonyl (C=O) groups excluding carboxylic acids is 1. The molecule has 1 unspecified atom stereocenters. The molecule has 6 heteroatoms. The minimum Gasteiger partial charge on any atom is -0.481 e. The molecule has 2 rings (SSSR count). The molecular formula is C14H19NO5. The highest BCUT2D eigenvalue weighted by Crippen LogP contribution is 2.31. The fourth-order valence-electron chi connectivity index (χ4n) is 2.71. The third-order valence-electron chi connectivity index (χ3n) is 3.83. The van der Waals surface area contributed by atoms with Crippen LogP contribution < -0.4 is 0 Å². The molecule has 2 heterocycles. The fraction of sp³-hybridized carbons (Fsp3) is 0.571. The van der Waals surface area contributed by atoms with E-state index in [1.807, 2.05) is 0 Å². The van der Waals surface area contributed by atoms with Crippen molar-refractivity contribution in [3.8, 4) is 0 Å². The van der Waals surface area contributed by atoms with Crippen molar-refractivity contribution in [3.63, 3.8) is 0 Å². The number of nitrogens with zero attached hydrogens (tertiary/aromatic N) is 1. The maximum absolute atomic E-state index is 12.4. The summed E-state index contributed by atoms with van der Waals surface area (Å²) >= 11 is 0. The molecule has 1 N–H and O–H groups in total. The van der Waals surface area contributed by atoms with Gasteiger partial charge in [-0.3, -0.25) is 9.59 Å². The highest BCUT2D eigenvalue weighted by molar-refractivity contribution is 5.95. The zero-order valence-electron chi connectivity index (χ0n) is 11.7. The first-order valence-electron chi connectivity index (χ1n) is 6.56. The number of hydrogen-bond acceptors (Lipinski definition) is 4. The highest BCUT2D eigenvalue weighted by atomic mass is 16.5. The van der Waals surface area contributed by atoms with E-state index >= 15 is 0 Å². The fourth-order valence-corrected chi connectivity index (χ4v) is 2.71. The first-order chi connectivity index (χ1) is 9.50. The molecule has 0 radical (unpaired) electrons. The second-order valence-corrected chi connectivity index (χ2v) is 5.24. The number of hydrogen-bond donors (Lipinski definition) is 1. The van der Waals surface area contributed by atoms with E-state index in [9.17, 15) is 14.7 Å². The van der Waals surface area contributed by atoms with Crippen molar-refractivity contribution in [1.82, 2.24) is 4.90 Å². The normalized spacial score (nSPS) is 22.8. The maximum atomic E-state index is 12.4. The third kappa shape index (κ3) is 2.56. The van der Waals surface area contributed by atoms with Gasteiger partial charge < -0.3 is 19.2 Å². The number of aryl methyl sites for hydroxylation is 1. The van der Waals surface area contributed by atoms with E-state index in [0.717, 1.165) is 0 Å². The van der Waals surface area contributed by atoms with Crippen LogP contribution in [0.5, 0.6) is 0 Å². The molecule has 0 spiro atoms. The summed E-state index contributed by atoms with van der Waals surface area (Å²) in [5, 5.41) is 9.47. The quantitative estimate of drug-likeness (QED) is 0.905. The Balaban J connectivity index is 2.20. The average Bonchev–Trinajstić information content (AvgIpc) is 2.84. The maximum Gasteiger partial charge on any atom is 0.313 e. The predicted molar refractivity (Wildman–Crippen MR) is 70.5 cm³/mol. The lowest BCUT2D eigenvalue weighted by atomic mass is 9.80. The SMILES string of the molecule is COCC1(C(=O)O)CCCN(C(=O)c2ccoc2C)C1. The van der Waals surface area contributed by atoms with E-state index in [2.05, 4.69) is 0 Å². The zero-order chi connectivity index (χ0) is 14.8. The minimum atomic E-state index is -1.01. The minimum absolute atomic E-state index is 0.108. The van der Waals surface area contributed by atoms with Gasteiger partial charge in [0.15, 0.2) is 0 Å².